The van der Waals surface area contributed by atoms with Crippen LogP contribution in [0.5, 0.6) is 0 Å². The molecule has 0 bridgehead atoms. The molecule has 18 heavy (non-hydrogen) atoms. The van der Waals surface area contributed by atoms with Crippen LogP contribution in [-0.4, -0.2) is 23.9 Å². The van der Waals surface area contributed by atoms with Crippen molar-refractivity contribution in [2.75, 3.05) is 0 Å². The average molecular weight is 256 g/mol. The van der Waals surface area contributed by atoms with Crippen LogP contribution in [0.1, 0.15) is 39.5 Å². The molecule has 1 fully saturated rings. The van der Waals surface area contributed by atoms with E-state index in [2.05, 4.69) is 9.47 Å². The lowest BCUT2D eigenvalue weighted by Gasteiger charge is -2.24. The largest absolute Gasteiger partial charge is 0.393 e. The highest BCUT2D eigenvalue weighted by molar-refractivity contribution is 5.87. The van der Waals surface area contributed by atoms with Crippen LogP contribution >= 0.6 is 0 Å². The molecule has 0 spiro atoms. The van der Waals surface area contributed by atoms with Crippen molar-refractivity contribution in [2.45, 2.75) is 39.5 Å². The number of hydrogen-bond acceptors (Lipinski definition) is 6. The SMILES string of the molecule is CC(=O)OC(=O)C1CCC(C(=O)OC(C)=O)CC1. The Morgan fingerprint density at radius 1 is 0.722 bits per heavy atom. The molecule has 6 heteroatoms. The fraction of sp³-hybridized carbons (Fsp3) is 0.667. The lowest BCUT2D eigenvalue weighted by atomic mass is 9.82. The maximum Gasteiger partial charge on any atom is 0.316 e. The summed E-state index contributed by atoms with van der Waals surface area (Å²) < 4.78 is 9.00. The third-order valence-corrected chi connectivity index (χ3v) is 2.88. The van der Waals surface area contributed by atoms with Crippen molar-refractivity contribution >= 4 is 23.9 Å². The monoisotopic (exact) mass is 256 g/mol. The van der Waals surface area contributed by atoms with E-state index in [9.17, 15) is 19.2 Å². The number of carbonyl (C=O) groups is 4. The molecule has 0 aromatic heterocycles. The van der Waals surface area contributed by atoms with Crippen molar-refractivity contribution in [3.8, 4) is 0 Å². The maximum atomic E-state index is 11.4. The molecule has 0 radical (unpaired) electrons. The summed E-state index contributed by atoms with van der Waals surface area (Å²) in [4.78, 5) is 44.2. The Hall–Kier alpha value is -1.72. The predicted molar refractivity (Wildman–Crippen MR) is 59.0 cm³/mol. The van der Waals surface area contributed by atoms with Crippen LogP contribution in [0.15, 0.2) is 0 Å². The number of hydrogen-bond donors (Lipinski definition) is 0. The van der Waals surface area contributed by atoms with Crippen LogP contribution in [0.3, 0.4) is 0 Å². The second-order valence-electron chi connectivity index (χ2n) is 4.37. The Morgan fingerprint density at radius 2 is 1.00 bits per heavy atom. The molecule has 0 aliphatic heterocycles. The number of carbonyl (C=O) groups excluding carboxylic acids is 4. The van der Waals surface area contributed by atoms with E-state index in [1.54, 1.807) is 0 Å². The molecule has 6 nitrogen and oxygen atoms in total. The van der Waals surface area contributed by atoms with E-state index in [4.69, 9.17) is 0 Å². The summed E-state index contributed by atoms with van der Waals surface area (Å²) in [6, 6.07) is 0. The molecule has 1 aliphatic carbocycles. The number of rotatable bonds is 2. The Morgan fingerprint density at radius 3 is 1.22 bits per heavy atom. The number of ether oxygens (including phenoxy) is 2. The van der Waals surface area contributed by atoms with Gasteiger partial charge < -0.3 is 9.47 Å². The summed E-state index contributed by atoms with van der Waals surface area (Å²) in [6.45, 7) is 2.35. The first-order chi connectivity index (χ1) is 8.40. The zero-order valence-electron chi connectivity index (χ0n) is 10.4. The van der Waals surface area contributed by atoms with Crippen LogP contribution in [0.25, 0.3) is 0 Å². The van der Waals surface area contributed by atoms with E-state index >= 15 is 0 Å². The molecule has 0 N–H and O–H groups in total. The van der Waals surface area contributed by atoms with Gasteiger partial charge in [-0.05, 0) is 25.7 Å². The van der Waals surface area contributed by atoms with Gasteiger partial charge in [0.25, 0.3) is 0 Å². The van der Waals surface area contributed by atoms with Crippen LogP contribution in [0.4, 0.5) is 0 Å². The Labute approximate surface area is 105 Å². The molecule has 0 aromatic rings. The van der Waals surface area contributed by atoms with Gasteiger partial charge in [0.05, 0.1) is 11.8 Å². The molecule has 0 atom stereocenters. The van der Waals surface area contributed by atoms with Crippen molar-refractivity contribution < 1.29 is 28.7 Å². The van der Waals surface area contributed by atoms with Crippen molar-refractivity contribution in [1.29, 1.82) is 0 Å². The normalized spacial score (nSPS) is 23.0. The molecule has 0 amide bonds. The van der Waals surface area contributed by atoms with Gasteiger partial charge in [-0.15, -0.1) is 0 Å². The Kier molecular flexibility index (Phi) is 5.00. The van der Waals surface area contributed by atoms with Gasteiger partial charge in [-0.2, -0.15) is 0 Å². The minimum atomic E-state index is -0.627. The van der Waals surface area contributed by atoms with Gasteiger partial charge in [0.15, 0.2) is 0 Å². The molecule has 0 unspecified atom stereocenters. The molecule has 1 rings (SSSR count). The lowest BCUT2D eigenvalue weighted by molar-refractivity contribution is -0.166. The van der Waals surface area contributed by atoms with E-state index in [-0.39, 0.29) is 11.8 Å². The number of esters is 4. The van der Waals surface area contributed by atoms with Crippen molar-refractivity contribution in [1.82, 2.24) is 0 Å². The zero-order valence-corrected chi connectivity index (χ0v) is 10.4. The third-order valence-electron chi connectivity index (χ3n) is 2.88. The molecule has 0 heterocycles. The van der Waals surface area contributed by atoms with Gasteiger partial charge in [0.1, 0.15) is 0 Å². The van der Waals surface area contributed by atoms with E-state index < -0.39 is 23.9 Å². The van der Waals surface area contributed by atoms with E-state index in [1.807, 2.05) is 0 Å². The van der Waals surface area contributed by atoms with Gasteiger partial charge in [0, 0.05) is 13.8 Å². The second-order valence-corrected chi connectivity index (χ2v) is 4.37. The average Bonchev–Trinajstić information content (AvgIpc) is 2.27. The van der Waals surface area contributed by atoms with Crippen molar-refractivity contribution in [3.05, 3.63) is 0 Å². The highest BCUT2D eigenvalue weighted by atomic mass is 16.6. The minimum absolute atomic E-state index is 0.352. The van der Waals surface area contributed by atoms with Crippen molar-refractivity contribution in [2.24, 2.45) is 11.8 Å². The van der Waals surface area contributed by atoms with E-state index in [0.717, 1.165) is 0 Å². The first-order valence-corrected chi connectivity index (χ1v) is 5.84. The summed E-state index contributed by atoms with van der Waals surface area (Å²) in [6.07, 6.45) is 1.85. The smallest absolute Gasteiger partial charge is 0.316 e. The summed E-state index contributed by atoms with van der Waals surface area (Å²) in [5.74, 6) is -3.04. The first kappa shape index (κ1) is 14.3. The standard InChI is InChI=1S/C12H16O6/c1-7(13)17-11(15)9-3-5-10(6-4-9)12(16)18-8(2)14/h9-10H,3-6H2,1-2H3. The van der Waals surface area contributed by atoms with Gasteiger partial charge in [-0.25, -0.2) is 0 Å². The highest BCUT2D eigenvalue weighted by Gasteiger charge is 2.32. The molecule has 0 aromatic carbocycles. The van der Waals surface area contributed by atoms with Gasteiger partial charge in [-0.3, -0.25) is 19.2 Å². The topological polar surface area (TPSA) is 86.7 Å². The van der Waals surface area contributed by atoms with Crippen LogP contribution in [-0.2, 0) is 28.7 Å². The highest BCUT2D eigenvalue weighted by Crippen LogP contribution is 2.30. The predicted octanol–water partition coefficient (Wildman–Crippen LogP) is 0.972. The molecule has 1 saturated carbocycles. The second kappa shape index (κ2) is 6.28. The zero-order chi connectivity index (χ0) is 13.7. The van der Waals surface area contributed by atoms with Gasteiger partial charge in [0.2, 0.25) is 0 Å². The van der Waals surface area contributed by atoms with Gasteiger partial charge in [-0.1, -0.05) is 0 Å². The summed E-state index contributed by atoms with van der Waals surface area (Å²) >= 11 is 0. The van der Waals surface area contributed by atoms with Gasteiger partial charge >= 0.3 is 23.9 Å². The van der Waals surface area contributed by atoms with E-state index in [1.165, 1.54) is 13.8 Å². The molecular weight excluding hydrogens is 240 g/mol. The quantitative estimate of drug-likeness (QED) is 0.540. The van der Waals surface area contributed by atoms with Crippen LogP contribution in [0, 0.1) is 11.8 Å². The van der Waals surface area contributed by atoms with Crippen LogP contribution < -0.4 is 0 Å². The van der Waals surface area contributed by atoms with E-state index in [0.29, 0.717) is 25.7 Å². The summed E-state index contributed by atoms with van der Waals surface area (Å²) in [5, 5.41) is 0. The summed E-state index contributed by atoms with van der Waals surface area (Å²) in [7, 11) is 0. The Bertz CT molecular complexity index is 329. The molecule has 0 saturated heterocycles. The molecule has 1 aliphatic rings. The third kappa shape index (κ3) is 4.27. The molecule has 100 valence electrons. The first-order valence-electron chi connectivity index (χ1n) is 5.84. The molecular formula is C12H16O6. The van der Waals surface area contributed by atoms with Crippen molar-refractivity contribution in [3.63, 3.8) is 0 Å². The van der Waals surface area contributed by atoms with Crippen LogP contribution in [0.2, 0.25) is 0 Å². The fourth-order valence-electron chi connectivity index (χ4n) is 2.01. The lowest BCUT2D eigenvalue weighted by Crippen LogP contribution is -2.29. The summed E-state index contributed by atoms with van der Waals surface area (Å²) in [5.41, 5.74) is 0. The minimum Gasteiger partial charge on any atom is -0.393 e. The fourth-order valence-corrected chi connectivity index (χ4v) is 2.01. The Balaban J connectivity index is 2.41. The maximum absolute atomic E-state index is 11.4.